The van der Waals surface area contributed by atoms with E-state index in [1.54, 1.807) is 36.4 Å². The Hall–Kier alpha value is -2.89. The summed E-state index contributed by atoms with van der Waals surface area (Å²) in [6.45, 7) is 0.114. The molecule has 0 heterocycles. The van der Waals surface area contributed by atoms with Gasteiger partial charge in [-0.15, -0.1) is 0 Å². The smallest absolute Gasteiger partial charge is 0.228 e. The standard InChI is InChI=1S/C19H19FN2O3/c1-25-17-9-5-4-8-16(17)22-19(24)14-10-13(14)18(23)21-11-12-6-2-3-7-15(12)20/h2-9,13-14H,10-11H2,1H3,(H,21,23)(H,22,24). The third kappa shape index (κ3) is 3.96. The van der Waals surface area contributed by atoms with E-state index in [2.05, 4.69) is 10.6 Å². The first-order valence-corrected chi connectivity index (χ1v) is 8.05. The SMILES string of the molecule is COc1ccccc1NC(=O)C1CC1C(=O)NCc1ccccc1F. The number of ether oxygens (including phenoxy) is 1. The van der Waals surface area contributed by atoms with Crippen LogP contribution in [0.2, 0.25) is 0 Å². The maximum absolute atomic E-state index is 13.5. The van der Waals surface area contributed by atoms with Gasteiger partial charge in [0, 0.05) is 12.1 Å². The molecule has 6 heteroatoms. The van der Waals surface area contributed by atoms with Gasteiger partial charge < -0.3 is 15.4 Å². The number of amides is 2. The first-order valence-electron chi connectivity index (χ1n) is 8.05. The van der Waals surface area contributed by atoms with E-state index in [-0.39, 0.29) is 36.0 Å². The molecule has 2 aromatic rings. The number of rotatable bonds is 6. The van der Waals surface area contributed by atoms with E-state index in [0.29, 0.717) is 23.4 Å². The Labute approximate surface area is 145 Å². The highest BCUT2D eigenvalue weighted by atomic mass is 19.1. The Morgan fingerprint density at radius 1 is 1.08 bits per heavy atom. The monoisotopic (exact) mass is 342 g/mol. The summed E-state index contributed by atoms with van der Waals surface area (Å²) in [4.78, 5) is 24.4. The molecule has 2 amide bonds. The van der Waals surface area contributed by atoms with E-state index < -0.39 is 0 Å². The zero-order valence-electron chi connectivity index (χ0n) is 13.8. The normalized spacial score (nSPS) is 18.3. The molecule has 0 spiro atoms. The molecule has 130 valence electrons. The maximum Gasteiger partial charge on any atom is 0.228 e. The Bertz CT molecular complexity index is 794. The summed E-state index contributed by atoms with van der Waals surface area (Å²) in [5.41, 5.74) is 0.999. The molecule has 1 aliphatic carbocycles. The van der Waals surface area contributed by atoms with Crippen LogP contribution in [0.3, 0.4) is 0 Å². The summed E-state index contributed by atoms with van der Waals surface area (Å²) in [6, 6.07) is 13.4. The van der Waals surface area contributed by atoms with Gasteiger partial charge in [0.25, 0.3) is 0 Å². The van der Waals surface area contributed by atoms with Crippen LogP contribution < -0.4 is 15.4 Å². The fourth-order valence-corrected chi connectivity index (χ4v) is 2.70. The summed E-state index contributed by atoms with van der Waals surface area (Å²) < 4.78 is 18.7. The average Bonchev–Trinajstić information content (AvgIpc) is 3.42. The number of benzene rings is 2. The largest absolute Gasteiger partial charge is 0.495 e. The molecule has 2 unspecified atom stereocenters. The van der Waals surface area contributed by atoms with Gasteiger partial charge in [0.2, 0.25) is 11.8 Å². The molecule has 1 aliphatic rings. The number of anilines is 1. The van der Waals surface area contributed by atoms with Gasteiger partial charge in [0.05, 0.1) is 24.6 Å². The van der Waals surface area contributed by atoms with Crippen molar-refractivity contribution in [2.24, 2.45) is 11.8 Å². The lowest BCUT2D eigenvalue weighted by Gasteiger charge is -2.10. The molecule has 0 aromatic heterocycles. The molecule has 3 rings (SSSR count). The van der Waals surface area contributed by atoms with Crippen LogP contribution in [0.25, 0.3) is 0 Å². The maximum atomic E-state index is 13.5. The number of methoxy groups -OCH3 is 1. The lowest BCUT2D eigenvalue weighted by molar-refractivity contribution is -0.125. The zero-order chi connectivity index (χ0) is 17.8. The topological polar surface area (TPSA) is 67.4 Å². The van der Waals surface area contributed by atoms with Gasteiger partial charge in [-0.25, -0.2) is 4.39 Å². The third-order valence-corrected chi connectivity index (χ3v) is 4.24. The van der Waals surface area contributed by atoms with Crippen LogP contribution in [0.4, 0.5) is 10.1 Å². The number of hydrogen-bond donors (Lipinski definition) is 2. The lowest BCUT2D eigenvalue weighted by Crippen LogP contribution is -2.27. The minimum Gasteiger partial charge on any atom is -0.495 e. The van der Waals surface area contributed by atoms with Crippen molar-refractivity contribution >= 4 is 17.5 Å². The van der Waals surface area contributed by atoms with Crippen molar-refractivity contribution in [3.8, 4) is 5.75 Å². The van der Waals surface area contributed by atoms with E-state index in [9.17, 15) is 14.0 Å². The highest BCUT2D eigenvalue weighted by molar-refractivity contribution is 6.00. The van der Waals surface area contributed by atoms with E-state index in [0.717, 1.165) is 0 Å². The van der Waals surface area contributed by atoms with Crippen LogP contribution in [0, 0.1) is 17.7 Å². The number of para-hydroxylation sites is 2. The predicted octanol–water partition coefficient (Wildman–Crippen LogP) is 2.73. The summed E-state index contributed by atoms with van der Waals surface area (Å²) in [6.07, 6.45) is 0.490. The predicted molar refractivity (Wildman–Crippen MR) is 91.5 cm³/mol. The Balaban J connectivity index is 1.52. The zero-order valence-corrected chi connectivity index (χ0v) is 13.8. The Morgan fingerprint density at radius 3 is 2.52 bits per heavy atom. The fraction of sp³-hybridized carbons (Fsp3) is 0.263. The van der Waals surface area contributed by atoms with Crippen LogP contribution >= 0.6 is 0 Å². The van der Waals surface area contributed by atoms with Crippen LogP contribution in [0.15, 0.2) is 48.5 Å². The molecular weight excluding hydrogens is 323 g/mol. The molecular formula is C19H19FN2O3. The molecule has 25 heavy (non-hydrogen) atoms. The van der Waals surface area contributed by atoms with Crippen molar-refractivity contribution in [1.82, 2.24) is 5.32 Å². The van der Waals surface area contributed by atoms with Gasteiger partial charge in [0.1, 0.15) is 11.6 Å². The van der Waals surface area contributed by atoms with Crippen LogP contribution in [-0.2, 0) is 16.1 Å². The molecule has 0 aliphatic heterocycles. The van der Waals surface area contributed by atoms with Crippen molar-refractivity contribution in [2.75, 3.05) is 12.4 Å². The van der Waals surface area contributed by atoms with Crippen LogP contribution in [0.5, 0.6) is 5.75 Å². The van der Waals surface area contributed by atoms with Gasteiger partial charge >= 0.3 is 0 Å². The molecule has 5 nitrogen and oxygen atoms in total. The minimum absolute atomic E-state index is 0.114. The number of hydrogen-bond acceptors (Lipinski definition) is 3. The second-order valence-corrected chi connectivity index (χ2v) is 5.95. The van der Waals surface area contributed by atoms with Crippen molar-refractivity contribution in [3.63, 3.8) is 0 Å². The van der Waals surface area contributed by atoms with Gasteiger partial charge in [-0.1, -0.05) is 30.3 Å². The van der Waals surface area contributed by atoms with Crippen molar-refractivity contribution in [2.45, 2.75) is 13.0 Å². The number of nitrogens with one attached hydrogen (secondary N) is 2. The van der Waals surface area contributed by atoms with E-state index in [4.69, 9.17) is 4.74 Å². The minimum atomic E-state index is -0.374. The lowest BCUT2D eigenvalue weighted by atomic mass is 10.2. The molecule has 2 atom stereocenters. The number of halogens is 1. The van der Waals surface area contributed by atoms with Gasteiger partial charge in [0.15, 0.2) is 0 Å². The number of carbonyl (C=O) groups is 2. The molecule has 2 N–H and O–H groups in total. The second kappa shape index (κ2) is 7.34. The number of carbonyl (C=O) groups excluding carboxylic acids is 2. The summed E-state index contributed by atoms with van der Waals surface area (Å²) in [7, 11) is 1.53. The second-order valence-electron chi connectivity index (χ2n) is 5.95. The van der Waals surface area contributed by atoms with Crippen LogP contribution in [0.1, 0.15) is 12.0 Å². The van der Waals surface area contributed by atoms with E-state index in [1.807, 2.05) is 6.07 Å². The first-order chi connectivity index (χ1) is 12.1. The molecule has 1 fully saturated rings. The molecule has 2 aromatic carbocycles. The van der Waals surface area contributed by atoms with Gasteiger partial charge in [-0.2, -0.15) is 0 Å². The first kappa shape index (κ1) is 17.0. The molecule has 1 saturated carbocycles. The third-order valence-electron chi connectivity index (χ3n) is 4.24. The highest BCUT2D eigenvalue weighted by Crippen LogP contribution is 2.40. The van der Waals surface area contributed by atoms with Crippen molar-refractivity contribution in [1.29, 1.82) is 0 Å². The molecule has 0 saturated heterocycles. The summed E-state index contributed by atoms with van der Waals surface area (Å²) in [5, 5.41) is 5.48. The highest BCUT2D eigenvalue weighted by Gasteiger charge is 2.48. The molecule has 0 radical (unpaired) electrons. The Kier molecular flexibility index (Phi) is 4.97. The Morgan fingerprint density at radius 2 is 1.76 bits per heavy atom. The van der Waals surface area contributed by atoms with Crippen molar-refractivity contribution in [3.05, 3.63) is 59.9 Å². The average molecular weight is 342 g/mol. The summed E-state index contributed by atoms with van der Waals surface area (Å²) >= 11 is 0. The van der Waals surface area contributed by atoms with Crippen molar-refractivity contribution < 1.29 is 18.7 Å². The van der Waals surface area contributed by atoms with Gasteiger partial charge in [-0.3, -0.25) is 9.59 Å². The molecule has 0 bridgehead atoms. The van der Waals surface area contributed by atoms with E-state index >= 15 is 0 Å². The van der Waals surface area contributed by atoms with E-state index in [1.165, 1.54) is 13.2 Å². The fourth-order valence-electron chi connectivity index (χ4n) is 2.70. The van der Waals surface area contributed by atoms with Crippen LogP contribution in [-0.4, -0.2) is 18.9 Å². The summed E-state index contributed by atoms with van der Waals surface area (Å²) in [5.74, 6) is -0.980. The quantitative estimate of drug-likeness (QED) is 0.848. The van der Waals surface area contributed by atoms with Gasteiger partial charge in [-0.05, 0) is 24.6 Å².